The summed E-state index contributed by atoms with van der Waals surface area (Å²) in [5, 5.41) is 0. The Morgan fingerprint density at radius 1 is 1.50 bits per heavy atom. The normalized spacial score (nSPS) is 10.4. The van der Waals surface area contributed by atoms with Crippen molar-refractivity contribution in [2.45, 2.75) is 0 Å². The summed E-state index contributed by atoms with van der Waals surface area (Å²) in [4.78, 5) is 24.7. The maximum Gasteiger partial charge on any atom is 0.337 e. The lowest BCUT2D eigenvalue weighted by atomic mass is 10.2. The van der Waals surface area contributed by atoms with E-state index >= 15 is 0 Å². The second-order valence-corrected chi connectivity index (χ2v) is 3.73. The molecule has 0 saturated heterocycles. The van der Waals surface area contributed by atoms with Crippen molar-refractivity contribution in [2.24, 2.45) is 0 Å². The highest BCUT2D eigenvalue weighted by Crippen LogP contribution is 2.16. The predicted octanol–water partition coefficient (Wildman–Crippen LogP) is 1.38. The van der Waals surface area contributed by atoms with E-state index in [1.165, 1.54) is 7.11 Å². The van der Waals surface area contributed by atoms with Crippen LogP contribution in [0.25, 0.3) is 10.2 Å². The van der Waals surface area contributed by atoms with Crippen molar-refractivity contribution in [1.29, 1.82) is 0 Å². The maximum absolute atomic E-state index is 11.2. The lowest BCUT2D eigenvalue weighted by Crippen LogP contribution is -1.99. The maximum atomic E-state index is 11.2. The molecule has 1 heterocycles. The molecule has 0 unspecified atom stereocenters. The molecule has 0 bridgehead atoms. The molecule has 1 aromatic carbocycles. The first-order valence-electron chi connectivity index (χ1n) is 3.92. The molecular formula is C9H7NO3S. The second kappa shape index (κ2) is 3.26. The fourth-order valence-electron chi connectivity index (χ4n) is 1.19. The monoisotopic (exact) mass is 209 g/mol. The highest BCUT2D eigenvalue weighted by molar-refractivity contribution is 7.16. The van der Waals surface area contributed by atoms with E-state index in [0.29, 0.717) is 5.56 Å². The molecule has 0 radical (unpaired) electrons. The first-order chi connectivity index (χ1) is 6.70. The Kier molecular flexibility index (Phi) is 2.09. The number of carbonyl (C=O) groups excluding carboxylic acids is 1. The molecule has 0 spiro atoms. The molecule has 2 rings (SSSR count). The van der Waals surface area contributed by atoms with Crippen molar-refractivity contribution in [3.05, 3.63) is 33.4 Å². The Balaban J connectivity index is 2.61. The minimum atomic E-state index is -0.396. The summed E-state index contributed by atoms with van der Waals surface area (Å²) in [6.07, 6.45) is 0. The van der Waals surface area contributed by atoms with Gasteiger partial charge in [-0.05, 0) is 18.2 Å². The topological polar surface area (TPSA) is 59.2 Å². The van der Waals surface area contributed by atoms with Gasteiger partial charge < -0.3 is 9.72 Å². The number of aromatic nitrogens is 1. The number of aromatic amines is 1. The number of thiazole rings is 1. The number of nitrogens with one attached hydrogen (secondary N) is 1. The SMILES string of the molecule is COC(=O)c1ccc2[nH]c(=O)sc2c1. The van der Waals surface area contributed by atoms with Crippen LogP contribution in [0.5, 0.6) is 0 Å². The number of hydrogen-bond donors (Lipinski definition) is 1. The van der Waals surface area contributed by atoms with Gasteiger partial charge in [0.1, 0.15) is 0 Å². The van der Waals surface area contributed by atoms with Crippen LogP contribution in [0.1, 0.15) is 10.4 Å². The highest BCUT2D eigenvalue weighted by atomic mass is 32.1. The van der Waals surface area contributed by atoms with Crippen molar-refractivity contribution in [3.63, 3.8) is 0 Å². The molecule has 1 N–H and O–H groups in total. The summed E-state index contributed by atoms with van der Waals surface area (Å²) >= 11 is 1.08. The largest absolute Gasteiger partial charge is 0.465 e. The molecule has 4 nitrogen and oxygen atoms in total. The van der Waals surface area contributed by atoms with Crippen LogP contribution >= 0.6 is 11.3 Å². The number of methoxy groups -OCH3 is 1. The van der Waals surface area contributed by atoms with E-state index in [4.69, 9.17) is 0 Å². The van der Waals surface area contributed by atoms with Crippen molar-refractivity contribution in [3.8, 4) is 0 Å². The fraction of sp³-hybridized carbons (Fsp3) is 0.111. The average Bonchev–Trinajstić information content (AvgIpc) is 2.55. The molecule has 0 fully saturated rings. The number of fused-ring (bicyclic) bond motifs is 1. The second-order valence-electron chi connectivity index (χ2n) is 2.72. The Morgan fingerprint density at radius 3 is 3.00 bits per heavy atom. The van der Waals surface area contributed by atoms with E-state index < -0.39 is 5.97 Å². The van der Waals surface area contributed by atoms with Gasteiger partial charge in [0.05, 0.1) is 22.9 Å². The van der Waals surface area contributed by atoms with Crippen LogP contribution in [0.15, 0.2) is 23.0 Å². The molecule has 5 heteroatoms. The van der Waals surface area contributed by atoms with Crippen LogP contribution in [0.2, 0.25) is 0 Å². The van der Waals surface area contributed by atoms with Crippen molar-refractivity contribution in [1.82, 2.24) is 4.98 Å². The summed E-state index contributed by atoms with van der Waals surface area (Å²) in [6, 6.07) is 4.96. The van der Waals surface area contributed by atoms with E-state index in [-0.39, 0.29) is 4.87 Å². The summed E-state index contributed by atoms with van der Waals surface area (Å²) in [6.45, 7) is 0. The summed E-state index contributed by atoms with van der Waals surface area (Å²) < 4.78 is 5.33. The molecule has 0 aliphatic rings. The summed E-state index contributed by atoms with van der Waals surface area (Å²) in [5.41, 5.74) is 1.20. The first-order valence-corrected chi connectivity index (χ1v) is 4.73. The van der Waals surface area contributed by atoms with E-state index in [1.807, 2.05) is 0 Å². The average molecular weight is 209 g/mol. The van der Waals surface area contributed by atoms with Gasteiger partial charge in [-0.2, -0.15) is 0 Å². The standard InChI is InChI=1S/C9H7NO3S/c1-13-8(11)5-2-3-6-7(4-5)14-9(12)10-6/h2-4H,1H3,(H,10,12). The number of benzene rings is 1. The van der Waals surface area contributed by atoms with Gasteiger partial charge in [-0.25, -0.2) is 4.79 Å². The van der Waals surface area contributed by atoms with Gasteiger partial charge in [0.2, 0.25) is 0 Å². The van der Waals surface area contributed by atoms with Crippen LogP contribution in [-0.2, 0) is 4.74 Å². The number of ether oxygens (including phenoxy) is 1. The number of H-pyrrole nitrogens is 1. The summed E-state index contributed by atoms with van der Waals surface area (Å²) in [5.74, 6) is -0.396. The number of rotatable bonds is 1. The quantitative estimate of drug-likeness (QED) is 0.722. The fourth-order valence-corrected chi connectivity index (χ4v) is 1.97. The molecule has 0 amide bonds. The zero-order valence-corrected chi connectivity index (χ0v) is 8.18. The van der Waals surface area contributed by atoms with E-state index in [2.05, 4.69) is 9.72 Å². The van der Waals surface area contributed by atoms with Crippen LogP contribution in [0.4, 0.5) is 0 Å². The summed E-state index contributed by atoms with van der Waals surface area (Å²) in [7, 11) is 1.33. The van der Waals surface area contributed by atoms with Crippen LogP contribution in [-0.4, -0.2) is 18.1 Å². The van der Waals surface area contributed by atoms with E-state index in [0.717, 1.165) is 21.6 Å². The lowest BCUT2D eigenvalue weighted by molar-refractivity contribution is 0.0601. The number of hydrogen-bond acceptors (Lipinski definition) is 4. The van der Waals surface area contributed by atoms with Crippen LogP contribution in [0.3, 0.4) is 0 Å². The predicted molar refractivity (Wildman–Crippen MR) is 53.8 cm³/mol. The molecule has 0 atom stereocenters. The molecule has 14 heavy (non-hydrogen) atoms. The van der Waals surface area contributed by atoms with Gasteiger partial charge >= 0.3 is 10.8 Å². The van der Waals surface area contributed by atoms with Crippen molar-refractivity contribution < 1.29 is 9.53 Å². The van der Waals surface area contributed by atoms with Crippen LogP contribution < -0.4 is 4.87 Å². The Morgan fingerprint density at radius 2 is 2.29 bits per heavy atom. The van der Waals surface area contributed by atoms with Crippen LogP contribution in [0, 0.1) is 0 Å². The van der Waals surface area contributed by atoms with Gasteiger partial charge in [0, 0.05) is 0 Å². The Bertz CT molecular complexity index is 540. The third kappa shape index (κ3) is 1.42. The highest BCUT2D eigenvalue weighted by Gasteiger charge is 2.07. The number of esters is 1. The molecule has 1 aromatic heterocycles. The van der Waals surface area contributed by atoms with Gasteiger partial charge in [-0.3, -0.25) is 4.79 Å². The molecule has 0 aliphatic carbocycles. The van der Waals surface area contributed by atoms with Crippen molar-refractivity contribution in [2.75, 3.05) is 7.11 Å². The van der Waals surface area contributed by atoms with Gasteiger partial charge in [-0.1, -0.05) is 11.3 Å². The Labute approximate surface area is 83.1 Å². The third-order valence-electron chi connectivity index (χ3n) is 1.84. The lowest BCUT2D eigenvalue weighted by Gasteiger charge is -1.97. The number of carbonyl (C=O) groups is 1. The Hall–Kier alpha value is -1.62. The zero-order chi connectivity index (χ0) is 10.1. The van der Waals surface area contributed by atoms with E-state index in [1.54, 1.807) is 18.2 Å². The van der Waals surface area contributed by atoms with Gasteiger partial charge in [0.25, 0.3) is 0 Å². The molecule has 0 aliphatic heterocycles. The zero-order valence-electron chi connectivity index (χ0n) is 7.37. The smallest absolute Gasteiger partial charge is 0.337 e. The van der Waals surface area contributed by atoms with Crippen molar-refractivity contribution >= 4 is 27.5 Å². The molecule has 72 valence electrons. The van der Waals surface area contributed by atoms with Gasteiger partial charge in [0.15, 0.2) is 0 Å². The minimum Gasteiger partial charge on any atom is -0.465 e. The molecular weight excluding hydrogens is 202 g/mol. The molecule has 0 saturated carbocycles. The van der Waals surface area contributed by atoms with Gasteiger partial charge in [-0.15, -0.1) is 0 Å². The molecule has 2 aromatic rings. The first kappa shape index (κ1) is 8.96. The minimum absolute atomic E-state index is 0.123. The third-order valence-corrected chi connectivity index (χ3v) is 2.69. The van der Waals surface area contributed by atoms with E-state index in [9.17, 15) is 9.59 Å².